The Kier molecular flexibility index (Phi) is 43.9. The maximum absolute atomic E-state index is 12.6. The van der Waals surface area contributed by atoms with E-state index < -0.39 is 6.10 Å². The minimum atomic E-state index is -0.531. The standard InChI is InChI=1S/C49H90O5/c1-4-7-10-13-16-18-20-22-23-24-25-26-28-30-32-35-38-41-44-52-45-47(54-49(51)43-40-37-33-15-12-9-6-3)46-53-48(50)42-39-36-34-31-29-27-21-19-17-14-11-8-5-2/h7,10,16,18,22-23,47H,4-6,8-9,11-15,17,19-21,24-46H2,1-3H3/b10-7-,18-16-,23-22-. The number of unbranched alkanes of at least 4 members (excludes halogenated alkanes) is 26. The lowest BCUT2D eigenvalue weighted by molar-refractivity contribution is -0.163. The van der Waals surface area contributed by atoms with Crippen LogP contribution in [0.25, 0.3) is 0 Å². The number of hydrogen-bond acceptors (Lipinski definition) is 5. The van der Waals surface area contributed by atoms with Crippen molar-refractivity contribution in [3.05, 3.63) is 36.5 Å². The van der Waals surface area contributed by atoms with Crippen molar-refractivity contribution in [3.8, 4) is 0 Å². The number of carbonyl (C=O) groups excluding carboxylic acids is 2. The molecule has 5 heteroatoms. The Morgan fingerprint density at radius 1 is 0.426 bits per heavy atom. The molecule has 0 aliphatic heterocycles. The molecule has 0 saturated heterocycles. The van der Waals surface area contributed by atoms with Gasteiger partial charge in [-0.15, -0.1) is 0 Å². The summed E-state index contributed by atoms with van der Waals surface area (Å²) >= 11 is 0. The van der Waals surface area contributed by atoms with Crippen LogP contribution >= 0.6 is 0 Å². The van der Waals surface area contributed by atoms with Crippen LogP contribution < -0.4 is 0 Å². The molecule has 0 aromatic rings. The SMILES string of the molecule is CC/C=C\C/C=C\C/C=C\CCCCCCCCCCOCC(COC(=O)CCCCCCCCCCCCCCC)OC(=O)CCCCCCCCC. The average molecular weight is 759 g/mol. The molecule has 1 unspecified atom stereocenters. The topological polar surface area (TPSA) is 61.8 Å². The van der Waals surface area contributed by atoms with Gasteiger partial charge in [-0.05, 0) is 51.4 Å². The van der Waals surface area contributed by atoms with Crippen molar-refractivity contribution in [3.63, 3.8) is 0 Å². The molecule has 5 nitrogen and oxygen atoms in total. The van der Waals surface area contributed by atoms with Crippen molar-refractivity contribution in [1.82, 2.24) is 0 Å². The van der Waals surface area contributed by atoms with Crippen LogP contribution in [0, 0.1) is 0 Å². The van der Waals surface area contributed by atoms with E-state index in [0.717, 1.165) is 57.8 Å². The van der Waals surface area contributed by atoms with Crippen molar-refractivity contribution in [1.29, 1.82) is 0 Å². The zero-order chi connectivity index (χ0) is 39.3. The third kappa shape index (κ3) is 42.9. The Labute approximate surface area is 336 Å². The van der Waals surface area contributed by atoms with Crippen molar-refractivity contribution in [2.45, 2.75) is 245 Å². The summed E-state index contributed by atoms with van der Waals surface area (Å²) in [6, 6.07) is 0. The van der Waals surface area contributed by atoms with E-state index >= 15 is 0 Å². The number of ether oxygens (including phenoxy) is 3. The smallest absolute Gasteiger partial charge is 0.306 e. The van der Waals surface area contributed by atoms with Crippen molar-refractivity contribution in [2.24, 2.45) is 0 Å². The summed E-state index contributed by atoms with van der Waals surface area (Å²) in [5, 5.41) is 0. The lowest BCUT2D eigenvalue weighted by Crippen LogP contribution is -2.30. The monoisotopic (exact) mass is 759 g/mol. The Balaban J connectivity index is 4.12. The van der Waals surface area contributed by atoms with E-state index in [1.54, 1.807) is 0 Å². The summed E-state index contributed by atoms with van der Waals surface area (Å²) in [4.78, 5) is 25.1. The van der Waals surface area contributed by atoms with E-state index in [2.05, 4.69) is 57.2 Å². The van der Waals surface area contributed by atoms with Crippen LogP contribution in [0.3, 0.4) is 0 Å². The highest BCUT2D eigenvalue weighted by atomic mass is 16.6. The van der Waals surface area contributed by atoms with Gasteiger partial charge in [0.1, 0.15) is 6.61 Å². The molecule has 0 aromatic carbocycles. The number of hydrogen-bond donors (Lipinski definition) is 0. The summed E-state index contributed by atoms with van der Waals surface area (Å²) in [5.41, 5.74) is 0. The highest BCUT2D eigenvalue weighted by Gasteiger charge is 2.17. The van der Waals surface area contributed by atoms with Crippen LogP contribution in [0.4, 0.5) is 0 Å². The Morgan fingerprint density at radius 3 is 1.33 bits per heavy atom. The van der Waals surface area contributed by atoms with E-state index in [1.165, 1.54) is 148 Å². The Hall–Kier alpha value is -1.88. The molecule has 1 atom stereocenters. The molecule has 0 aliphatic carbocycles. The van der Waals surface area contributed by atoms with Crippen LogP contribution in [-0.4, -0.2) is 37.9 Å². The fourth-order valence-electron chi connectivity index (χ4n) is 6.70. The van der Waals surface area contributed by atoms with Gasteiger partial charge in [0.05, 0.1) is 6.61 Å². The number of rotatable bonds is 43. The second-order valence-corrected chi connectivity index (χ2v) is 15.6. The van der Waals surface area contributed by atoms with E-state index in [0.29, 0.717) is 19.4 Å². The molecule has 316 valence electrons. The first-order valence-corrected chi connectivity index (χ1v) is 23.5. The second-order valence-electron chi connectivity index (χ2n) is 15.6. The zero-order valence-corrected chi connectivity index (χ0v) is 36.2. The molecule has 0 saturated carbocycles. The fourth-order valence-corrected chi connectivity index (χ4v) is 6.70. The molecule has 0 fully saturated rings. The summed E-state index contributed by atoms with van der Waals surface area (Å²) in [5.74, 6) is -0.398. The molecule has 0 aromatic heterocycles. The van der Waals surface area contributed by atoms with E-state index in [9.17, 15) is 9.59 Å². The highest BCUT2D eigenvalue weighted by Crippen LogP contribution is 2.15. The molecule has 0 amide bonds. The predicted octanol–water partition coefficient (Wildman–Crippen LogP) is 15.4. The third-order valence-corrected chi connectivity index (χ3v) is 10.2. The summed E-state index contributed by atoms with van der Waals surface area (Å²) in [6.45, 7) is 7.69. The van der Waals surface area contributed by atoms with Gasteiger partial charge in [0, 0.05) is 19.4 Å². The summed E-state index contributed by atoms with van der Waals surface area (Å²) in [7, 11) is 0. The maximum atomic E-state index is 12.6. The second kappa shape index (κ2) is 45.5. The van der Waals surface area contributed by atoms with Gasteiger partial charge in [-0.2, -0.15) is 0 Å². The van der Waals surface area contributed by atoms with Gasteiger partial charge < -0.3 is 14.2 Å². The first-order chi connectivity index (χ1) is 26.6. The normalized spacial score (nSPS) is 12.4. The zero-order valence-electron chi connectivity index (χ0n) is 36.2. The molecule has 0 bridgehead atoms. The van der Waals surface area contributed by atoms with E-state index in [-0.39, 0.29) is 25.2 Å². The number of allylic oxidation sites excluding steroid dienone is 6. The largest absolute Gasteiger partial charge is 0.462 e. The van der Waals surface area contributed by atoms with Gasteiger partial charge in [0.15, 0.2) is 6.10 Å². The molecule has 0 rings (SSSR count). The number of esters is 2. The highest BCUT2D eigenvalue weighted by molar-refractivity contribution is 5.70. The van der Waals surface area contributed by atoms with Crippen molar-refractivity contribution >= 4 is 11.9 Å². The average Bonchev–Trinajstić information content (AvgIpc) is 3.17. The maximum Gasteiger partial charge on any atom is 0.306 e. The van der Waals surface area contributed by atoms with Crippen LogP contribution in [0.15, 0.2) is 36.5 Å². The van der Waals surface area contributed by atoms with Gasteiger partial charge in [-0.25, -0.2) is 0 Å². The van der Waals surface area contributed by atoms with Gasteiger partial charge in [0.2, 0.25) is 0 Å². The van der Waals surface area contributed by atoms with Gasteiger partial charge in [-0.3, -0.25) is 9.59 Å². The van der Waals surface area contributed by atoms with E-state index in [4.69, 9.17) is 14.2 Å². The minimum absolute atomic E-state index is 0.0871. The van der Waals surface area contributed by atoms with Crippen molar-refractivity contribution in [2.75, 3.05) is 19.8 Å². The van der Waals surface area contributed by atoms with Crippen LogP contribution in [-0.2, 0) is 23.8 Å². The van der Waals surface area contributed by atoms with Gasteiger partial charge >= 0.3 is 11.9 Å². The molecule has 0 N–H and O–H groups in total. The molecule has 54 heavy (non-hydrogen) atoms. The molecule has 0 aliphatic rings. The third-order valence-electron chi connectivity index (χ3n) is 10.2. The first-order valence-electron chi connectivity index (χ1n) is 23.5. The van der Waals surface area contributed by atoms with Crippen LogP contribution in [0.5, 0.6) is 0 Å². The molecular formula is C49H90O5. The minimum Gasteiger partial charge on any atom is -0.462 e. The summed E-state index contributed by atoms with van der Waals surface area (Å²) < 4.78 is 17.3. The number of carbonyl (C=O) groups is 2. The van der Waals surface area contributed by atoms with Crippen LogP contribution in [0.1, 0.15) is 239 Å². The predicted molar refractivity (Wildman–Crippen MR) is 233 cm³/mol. The lowest BCUT2D eigenvalue weighted by Gasteiger charge is -2.18. The quantitative estimate of drug-likeness (QED) is 0.0352. The van der Waals surface area contributed by atoms with E-state index in [1.807, 2.05) is 0 Å². The molecule has 0 radical (unpaired) electrons. The van der Waals surface area contributed by atoms with Crippen LogP contribution in [0.2, 0.25) is 0 Å². The molecule has 0 heterocycles. The fraction of sp³-hybridized carbons (Fsp3) is 0.837. The lowest BCUT2D eigenvalue weighted by atomic mass is 10.0. The first kappa shape index (κ1) is 52.1. The van der Waals surface area contributed by atoms with Gasteiger partial charge in [0.25, 0.3) is 0 Å². The van der Waals surface area contributed by atoms with Gasteiger partial charge in [-0.1, -0.05) is 211 Å². The summed E-state index contributed by atoms with van der Waals surface area (Å²) in [6.07, 6.45) is 53.0. The Bertz CT molecular complexity index is 862. The van der Waals surface area contributed by atoms with Crippen molar-refractivity contribution < 1.29 is 23.8 Å². The molecular weight excluding hydrogens is 669 g/mol. The molecule has 0 spiro atoms. The Morgan fingerprint density at radius 2 is 0.833 bits per heavy atom.